The molecule has 0 unspecified atom stereocenters. The Balaban J connectivity index is 1.58. The van der Waals surface area contributed by atoms with Gasteiger partial charge in [0.05, 0.1) is 6.61 Å². The van der Waals surface area contributed by atoms with Gasteiger partial charge in [0.2, 0.25) is 0 Å². The molecule has 23 heavy (non-hydrogen) atoms. The first-order valence-corrected chi connectivity index (χ1v) is 8.51. The maximum atomic E-state index is 5.88. The van der Waals surface area contributed by atoms with Crippen molar-refractivity contribution in [3.63, 3.8) is 0 Å². The SMILES string of the molecule is Cc1ccc(C)c(OCCSc2nncn2-c2ccccc2)c1. The van der Waals surface area contributed by atoms with Crippen molar-refractivity contribution < 1.29 is 4.74 Å². The molecular weight excluding hydrogens is 306 g/mol. The van der Waals surface area contributed by atoms with Crippen molar-refractivity contribution in [3.8, 4) is 11.4 Å². The molecule has 0 atom stereocenters. The average molecular weight is 325 g/mol. The highest BCUT2D eigenvalue weighted by Crippen LogP contribution is 2.21. The second kappa shape index (κ2) is 7.33. The highest BCUT2D eigenvalue weighted by Gasteiger charge is 2.07. The first-order chi connectivity index (χ1) is 11.2. The van der Waals surface area contributed by atoms with Gasteiger partial charge in [-0.3, -0.25) is 4.57 Å². The molecule has 0 amide bonds. The van der Waals surface area contributed by atoms with Gasteiger partial charge in [-0.2, -0.15) is 0 Å². The van der Waals surface area contributed by atoms with Crippen molar-refractivity contribution in [1.29, 1.82) is 0 Å². The first kappa shape index (κ1) is 15.6. The summed E-state index contributed by atoms with van der Waals surface area (Å²) >= 11 is 1.64. The van der Waals surface area contributed by atoms with Gasteiger partial charge in [0.15, 0.2) is 5.16 Å². The van der Waals surface area contributed by atoms with Crippen LogP contribution in [0.1, 0.15) is 11.1 Å². The van der Waals surface area contributed by atoms with Crippen LogP contribution in [0, 0.1) is 13.8 Å². The topological polar surface area (TPSA) is 39.9 Å². The van der Waals surface area contributed by atoms with Crippen LogP contribution in [0.3, 0.4) is 0 Å². The van der Waals surface area contributed by atoms with E-state index < -0.39 is 0 Å². The van der Waals surface area contributed by atoms with Crippen molar-refractivity contribution >= 4 is 11.8 Å². The second-order valence-corrected chi connectivity index (χ2v) is 6.35. The average Bonchev–Trinajstić information content (AvgIpc) is 3.04. The molecule has 118 valence electrons. The quantitative estimate of drug-likeness (QED) is 0.506. The van der Waals surface area contributed by atoms with Gasteiger partial charge in [0.1, 0.15) is 12.1 Å². The van der Waals surface area contributed by atoms with Gasteiger partial charge in [0, 0.05) is 11.4 Å². The number of hydrogen-bond acceptors (Lipinski definition) is 4. The second-order valence-electron chi connectivity index (χ2n) is 5.28. The molecule has 5 heteroatoms. The number of aryl methyl sites for hydroxylation is 2. The van der Waals surface area contributed by atoms with E-state index in [4.69, 9.17) is 4.74 Å². The zero-order valence-electron chi connectivity index (χ0n) is 13.3. The number of para-hydroxylation sites is 1. The molecule has 0 aliphatic carbocycles. The van der Waals surface area contributed by atoms with E-state index in [0.717, 1.165) is 27.9 Å². The summed E-state index contributed by atoms with van der Waals surface area (Å²) in [7, 11) is 0. The van der Waals surface area contributed by atoms with E-state index in [-0.39, 0.29) is 0 Å². The van der Waals surface area contributed by atoms with Crippen LogP contribution in [-0.4, -0.2) is 27.1 Å². The van der Waals surface area contributed by atoms with Crippen LogP contribution >= 0.6 is 11.8 Å². The Morgan fingerprint density at radius 1 is 1.09 bits per heavy atom. The van der Waals surface area contributed by atoms with E-state index in [1.807, 2.05) is 34.9 Å². The molecule has 0 N–H and O–H groups in total. The van der Waals surface area contributed by atoms with E-state index in [9.17, 15) is 0 Å². The fourth-order valence-electron chi connectivity index (χ4n) is 2.24. The fraction of sp³-hybridized carbons (Fsp3) is 0.222. The van der Waals surface area contributed by atoms with Crippen molar-refractivity contribution in [2.45, 2.75) is 19.0 Å². The summed E-state index contributed by atoms with van der Waals surface area (Å²) in [6, 6.07) is 16.4. The van der Waals surface area contributed by atoms with E-state index in [1.54, 1.807) is 18.1 Å². The fourth-order valence-corrected chi connectivity index (χ4v) is 2.98. The molecule has 0 saturated carbocycles. The number of rotatable bonds is 6. The van der Waals surface area contributed by atoms with Gasteiger partial charge in [-0.15, -0.1) is 10.2 Å². The number of benzene rings is 2. The van der Waals surface area contributed by atoms with Crippen molar-refractivity contribution in [3.05, 3.63) is 66.0 Å². The van der Waals surface area contributed by atoms with Crippen LogP contribution in [0.2, 0.25) is 0 Å². The summed E-state index contributed by atoms with van der Waals surface area (Å²) < 4.78 is 7.87. The first-order valence-electron chi connectivity index (χ1n) is 7.52. The van der Waals surface area contributed by atoms with E-state index >= 15 is 0 Å². The minimum Gasteiger partial charge on any atom is -0.492 e. The van der Waals surface area contributed by atoms with Gasteiger partial charge < -0.3 is 4.74 Å². The summed E-state index contributed by atoms with van der Waals surface area (Å²) in [4.78, 5) is 0. The molecule has 0 bridgehead atoms. The monoisotopic (exact) mass is 325 g/mol. The van der Waals surface area contributed by atoms with Gasteiger partial charge in [-0.1, -0.05) is 42.1 Å². The molecule has 1 aromatic heterocycles. The Hall–Kier alpha value is -2.27. The Morgan fingerprint density at radius 2 is 1.91 bits per heavy atom. The maximum absolute atomic E-state index is 5.88. The molecule has 3 rings (SSSR count). The summed E-state index contributed by atoms with van der Waals surface area (Å²) in [5.41, 5.74) is 3.44. The van der Waals surface area contributed by atoms with Gasteiger partial charge in [0.25, 0.3) is 0 Å². The summed E-state index contributed by atoms with van der Waals surface area (Å²) in [6.07, 6.45) is 1.74. The molecule has 0 spiro atoms. The molecule has 4 nitrogen and oxygen atoms in total. The smallest absolute Gasteiger partial charge is 0.195 e. The molecule has 1 heterocycles. The molecular formula is C18H19N3OS. The predicted molar refractivity (Wildman–Crippen MR) is 93.5 cm³/mol. The van der Waals surface area contributed by atoms with Crippen LogP contribution in [0.25, 0.3) is 5.69 Å². The Labute approximate surface area is 140 Å². The van der Waals surface area contributed by atoms with E-state index in [2.05, 4.69) is 42.2 Å². The largest absolute Gasteiger partial charge is 0.492 e. The Morgan fingerprint density at radius 3 is 2.74 bits per heavy atom. The number of thioether (sulfide) groups is 1. The third-order valence-corrected chi connectivity index (χ3v) is 4.37. The molecule has 0 fully saturated rings. The highest BCUT2D eigenvalue weighted by atomic mass is 32.2. The van der Waals surface area contributed by atoms with Crippen LogP contribution in [0.15, 0.2) is 60.0 Å². The lowest BCUT2D eigenvalue weighted by molar-refractivity contribution is 0.341. The predicted octanol–water partition coefficient (Wildman–Crippen LogP) is 4.06. The van der Waals surface area contributed by atoms with Gasteiger partial charge in [-0.25, -0.2) is 0 Å². The summed E-state index contributed by atoms with van der Waals surface area (Å²) in [5, 5.41) is 9.08. The number of ether oxygens (including phenoxy) is 1. The van der Waals surface area contributed by atoms with Crippen LogP contribution in [-0.2, 0) is 0 Å². The molecule has 3 aromatic rings. The van der Waals surface area contributed by atoms with E-state index in [0.29, 0.717) is 6.61 Å². The third-order valence-electron chi connectivity index (χ3n) is 3.47. The number of hydrogen-bond donors (Lipinski definition) is 0. The lowest BCUT2D eigenvalue weighted by Gasteiger charge is -2.10. The molecule has 0 aliphatic rings. The zero-order chi connectivity index (χ0) is 16.1. The zero-order valence-corrected chi connectivity index (χ0v) is 14.1. The standard InChI is InChI=1S/C18H19N3OS/c1-14-8-9-15(2)17(12-14)22-10-11-23-18-20-19-13-21(18)16-6-4-3-5-7-16/h3-9,12-13H,10-11H2,1-2H3. The third kappa shape index (κ3) is 3.93. The molecule has 0 radical (unpaired) electrons. The van der Waals surface area contributed by atoms with Crippen molar-refractivity contribution in [2.24, 2.45) is 0 Å². The summed E-state index contributed by atoms with van der Waals surface area (Å²) in [6.45, 7) is 4.77. The molecule has 0 saturated heterocycles. The normalized spacial score (nSPS) is 10.7. The molecule has 2 aromatic carbocycles. The number of nitrogens with zero attached hydrogens (tertiary/aromatic N) is 3. The Bertz CT molecular complexity index is 771. The Kier molecular flexibility index (Phi) is 4.98. The highest BCUT2D eigenvalue weighted by molar-refractivity contribution is 7.99. The van der Waals surface area contributed by atoms with Crippen LogP contribution in [0.4, 0.5) is 0 Å². The number of aromatic nitrogens is 3. The lowest BCUT2D eigenvalue weighted by Crippen LogP contribution is -2.03. The minimum absolute atomic E-state index is 0.636. The van der Waals surface area contributed by atoms with Crippen LogP contribution < -0.4 is 4.74 Å². The molecule has 0 aliphatic heterocycles. The van der Waals surface area contributed by atoms with Crippen molar-refractivity contribution in [1.82, 2.24) is 14.8 Å². The lowest BCUT2D eigenvalue weighted by atomic mass is 10.1. The summed E-state index contributed by atoms with van der Waals surface area (Å²) in [5.74, 6) is 1.77. The van der Waals surface area contributed by atoms with Gasteiger partial charge in [-0.05, 0) is 43.2 Å². The van der Waals surface area contributed by atoms with Crippen molar-refractivity contribution in [2.75, 3.05) is 12.4 Å². The van der Waals surface area contributed by atoms with E-state index in [1.165, 1.54) is 5.56 Å². The van der Waals surface area contributed by atoms with Gasteiger partial charge >= 0.3 is 0 Å². The van der Waals surface area contributed by atoms with Crippen LogP contribution in [0.5, 0.6) is 5.75 Å². The maximum Gasteiger partial charge on any atom is 0.195 e. The minimum atomic E-state index is 0.636.